The van der Waals surface area contributed by atoms with Crippen LogP contribution in [0.25, 0.3) is 0 Å². The second-order valence-electron chi connectivity index (χ2n) is 8.19. The van der Waals surface area contributed by atoms with E-state index in [1.165, 1.54) is 6.92 Å². The molecule has 0 aliphatic carbocycles. The van der Waals surface area contributed by atoms with E-state index in [4.69, 9.17) is 4.74 Å². The molecule has 0 radical (unpaired) electrons. The first kappa shape index (κ1) is 20.9. The molecule has 3 rings (SSSR count). The molecule has 0 bridgehead atoms. The molecule has 0 spiro atoms. The number of carbonyl (C=O) groups is 2. The Labute approximate surface area is 173 Å². The van der Waals surface area contributed by atoms with Crippen LogP contribution in [0.3, 0.4) is 0 Å². The van der Waals surface area contributed by atoms with E-state index in [0.29, 0.717) is 19.1 Å². The van der Waals surface area contributed by atoms with Crippen LogP contribution in [0.15, 0.2) is 30.3 Å². The fraction of sp³-hybridized carbons (Fsp3) is 0.417. The summed E-state index contributed by atoms with van der Waals surface area (Å²) in [4.78, 5) is 26.5. The Morgan fingerprint density at radius 3 is 2.52 bits per heavy atom. The molecule has 1 heterocycles. The lowest BCUT2D eigenvalue weighted by Gasteiger charge is -2.21. The summed E-state index contributed by atoms with van der Waals surface area (Å²) < 4.78 is 6.10. The van der Waals surface area contributed by atoms with E-state index >= 15 is 0 Å². The molecule has 1 atom stereocenters. The minimum absolute atomic E-state index is 0.110. The van der Waals surface area contributed by atoms with Crippen molar-refractivity contribution in [1.82, 2.24) is 5.32 Å². The molecule has 1 N–H and O–H groups in total. The van der Waals surface area contributed by atoms with Crippen LogP contribution in [-0.4, -0.2) is 25.0 Å². The summed E-state index contributed by atoms with van der Waals surface area (Å²) in [5, 5.41) is 2.80. The van der Waals surface area contributed by atoms with Gasteiger partial charge in [-0.2, -0.15) is 0 Å². The molecule has 5 nitrogen and oxygen atoms in total. The summed E-state index contributed by atoms with van der Waals surface area (Å²) in [6.45, 7) is 12.6. The van der Waals surface area contributed by atoms with E-state index < -0.39 is 6.04 Å². The molecule has 2 aromatic carbocycles. The summed E-state index contributed by atoms with van der Waals surface area (Å²) in [7, 11) is 0. The second kappa shape index (κ2) is 8.27. The molecule has 0 aromatic heterocycles. The molecule has 0 saturated heterocycles. The predicted octanol–water partition coefficient (Wildman–Crippen LogP) is 4.34. The summed E-state index contributed by atoms with van der Waals surface area (Å²) in [6.07, 6.45) is 0. The fourth-order valence-electron chi connectivity index (χ4n) is 4.04. The third-order valence-corrected chi connectivity index (χ3v) is 5.28. The lowest BCUT2D eigenvalue weighted by atomic mass is 10.0. The lowest BCUT2D eigenvalue weighted by molar-refractivity contribution is -0.126. The van der Waals surface area contributed by atoms with E-state index in [1.54, 1.807) is 4.90 Å². The van der Waals surface area contributed by atoms with Crippen LogP contribution in [-0.2, 0) is 9.59 Å². The van der Waals surface area contributed by atoms with Crippen molar-refractivity contribution in [3.8, 4) is 5.75 Å². The van der Waals surface area contributed by atoms with Crippen molar-refractivity contribution >= 4 is 17.5 Å². The average molecular weight is 395 g/mol. The fourth-order valence-corrected chi connectivity index (χ4v) is 4.04. The van der Waals surface area contributed by atoms with Crippen molar-refractivity contribution < 1.29 is 14.3 Å². The van der Waals surface area contributed by atoms with Gasteiger partial charge in [-0.1, -0.05) is 43.7 Å². The number of amides is 2. The Morgan fingerprint density at radius 1 is 1.14 bits per heavy atom. The molecule has 2 aromatic rings. The first-order valence-corrected chi connectivity index (χ1v) is 10.1. The Kier molecular flexibility index (Phi) is 5.96. The number of benzene rings is 2. The Hall–Kier alpha value is -2.82. The molecule has 0 fully saturated rings. The quantitative estimate of drug-likeness (QED) is 0.793. The zero-order valence-electron chi connectivity index (χ0n) is 18.1. The molecular formula is C24H30N2O3. The van der Waals surface area contributed by atoms with Crippen LogP contribution in [0.1, 0.15) is 60.5 Å². The number of carbonyl (C=O) groups excluding carboxylic acids is 2. The van der Waals surface area contributed by atoms with Gasteiger partial charge < -0.3 is 15.0 Å². The maximum atomic E-state index is 13.1. The third kappa shape index (κ3) is 4.29. The standard InChI is InChI=1S/C24H30N2O3/c1-14(2)19-8-7-15(3)13-21(19)29-10-9-26-23-17(5)11-16(4)12-20(23)22(24(26)28)25-18(6)27/h7-8,11-14,22H,9-10H2,1-6H3,(H,25,27). The monoisotopic (exact) mass is 394 g/mol. The maximum absolute atomic E-state index is 13.1. The van der Waals surface area contributed by atoms with E-state index in [0.717, 1.165) is 39.3 Å². The second-order valence-corrected chi connectivity index (χ2v) is 8.19. The average Bonchev–Trinajstić information content (AvgIpc) is 2.87. The van der Waals surface area contributed by atoms with Gasteiger partial charge in [-0.05, 0) is 49.4 Å². The summed E-state index contributed by atoms with van der Waals surface area (Å²) in [5.74, 6) is 0.897. The molecule has 1 aliphatic rings. The first-order valence-electron chi connectivity index (χ1n) is 10.1. The minimum Gasteiger partial charge on any atom is -0.491 e. The molecule has 154 valence electrons. The van der Waals surface area contributed by atoms with Gasteiger partial charge in [-0.3, -0.25) is 9.59 Å². The van der Waals surface area contributed by atoms with Crippen molar-refractivity contribution in [2.24, 2.45) is 0 Å². The number of ether oxygens (including phenoxy) is 1. The van der Waals surface area contributed by atoms with Crippen molar-refractivity contribution in [3.05, 3.63) is 58.1 Å². The molecule has 1 unspecified atom stereocenters. The van der Waals surface area contributed by atoms with Gasteiger partial charge in [0, 0.05) is 12.5 Å². The third-order valence-electron chi connectivity index (χ3n) is 5.28. The van der Waals surface area contributed by atoms with Gasteiger partial charge in [-0.25, -0.2) is 0 Å². The SMILES string of the molecule is CC(=O)NC1C(=O)N(CCOc2cc(C)ccc2C(C)C)c2c(C)cc(C)cc21. The molecule has 1 aliphatic heterocycles. The van der Waals surface area contributed by atoms with Crippen molar-refractivity contribution in [2.45, 2.75) is 53.5 Å². The molecule has 0 saturated carbocycles. The number of hydrogen-bond donors (Lipinski definition) is 1. The van der Waals surface area contributed by atoms with Crippen molar-refractivity contribution in [1.29, 1.82) is 0 Å². The zero-order chi connectivity index (χ0) is 21.3. The number of aryl methyl sites for hydroxylation is 3. The van der Waals surface area contributed by atoms with Crippen LogP contribution in [0.2, 0.25) is 0 Å². The highest BCUT2D eigenvalue weighted by Crippen LogP contribution is 2.39. The number of nitrogens with one attached hydrogen (secondary N) is 1. The Morgan fingerprint density at radius 2 is 1.86 bits per heavy atom. The van der Waals surface area contributed by atoms with Crippen LogP contribution in [0.5, 0.6) is 5.75 Å². The highest BCUT2D eigenvalue weighted by Gasteiger charge is 2.38. The minimum atomic E-state index is -0.633. The van der Waals surface area contributed by atoms with Crippen molar-refractivity contribution in [3.63, 3.8) is 0 Å². The molecule has 2 amide bonds. The number of fused-ring (bicyclic) bond motifs is 1. The smallest absolute Gasteiger partial charge is 0.254 e. The maximum Gasteiger partial charge on any atom is 0.254 e. The van der Waals surface area contributed by atoms with Gasteiger partial charge in [0.1, 0.15) is 18.4 Å². The number of anilines is 1. The van der Waals surface area contributed by atoms with Gasteiger partial charge in [0.05, 0.1) is 12.2 Å². The predicted molar refractivity (Wildman–Crippen MR) is 116 cm³/mol. The highest BCUT2D eigenvalue weighted by atomic mass is 16.5. The number of rotatable bonds is 6. The van der Waals surface area contributed by atoms with Crippen LogP contribution in [0.4, 0.5) is 5.69 Å². The van der Waals surface area contributed by atoms with Gasteiger partial charge in [0.2, 0.25) is 5.91 Å². The van der Waals surface area contributed by atoms with Gasteiger partial charge in [0.25, 0.3) is 5.91 Å². The largest absolute Gasteiger partial charge is 0.491 e. The van der Waals surface area contributed by atoms with Crippen LogP contribution >= 0.6 is 0 Å². The van der Waals surface area contributed by atoms with Gasteiger partial charge in [-0.15, -0.1) is 0 Å². The molecule has 29 heavy (non-hydrogen) atoms. The Balaban J connectivity index is 1.83. The van der Waals surface area contributed by atoms with Crippen LogP contribution in [0, 0.1) is 20.8 Å². The van der Waals surface area contributed by atoms with Crippen LogP contribution < -0.4 is 15.0 Å². The molecular weight excluding hydrogens is 364 g/mol. The highest BCUT2D eigenvalue weighted by molar-refractivity contribution is 6.07. The zero-order valence-corrected chi connectivity index (χ0v) is 18.1. The van der Waals surface area contributed by atoms with E-state index in [1.807, 2.05) is 32.9 Å². The van der Waals surface area contributed by atoms with E-state index in [-0.39, 0.29) is 11.8 Å². The number of nitrogens with zero attached hydrogens (tertiary/aromatic N) is 1. The van der Waals surface area contributed by atoms with Gasteiger partial charge in [0.15, 0.2) is 0 Å². The normalized spacial score (nSPS) is 15.6. The topological polar surface area (TPSA) is 58.6 Å². The van der Waals surface area contributed by atoms with E-state index in [2.05, 4.69) is 37.4 Å². The Bertz CT molecular complexity index is 949. The lowest BCUT2D eigenvalue weighted by Crippen LogP contribution is -2.38. The van der Waals surface area contributed by atoms with Gasteiger partial charge >= 0.3 is 0 Å². The summed E-state index contributed by atoms with van der Waals surface area (Å²) >= 11 is 0. The number of hydrogen-bond acceptors (Lipinski definition) is 3. The first-order chi connectivity index (χ1) is 13.7. The summed E-state index contributed by atoms with van der Waals surface area (Å²) in [6, 6.07) is 9.65. The van der Waals surface area contributed by atoms with E-state index in [9.17, 15) is 9.59 Å². The summed E-state index contributed by atoms with van der Waals surface area (Å²) in [5.41, 5.74) is 6.15. The van der Waals surface area contributed by atoms with Crippen molar-refractivity contribution in [2.75, 3.05) is 18.1 Å². The molecule has 5 heteroatoms.